The average Bonchev–Trinajstić information content (AvgIpc) is 2.38. The van der Waals surface area contributed by atoms with Gasteiger partial charge in [-0.15, -0.1) is 0 Å². The number of thiol groups is 1. The highest BCUT2D eigenvalue weighted by Crippen LogP contribution is 2.12. The maximum Gasteiger partial charge on any atom is 0.120 e. The van der Waals surface area contributed by atoms with Crippen molar-refractivity contribution in [2.24, 2.45) is 0 Å². The van der Waals surface area contributed by atoms with Crippen LogP contribution in [0.4, 0.5) is 0 Å². The van der Waals surface area contributed by atoms with Crippen LogP contribution in [-0.2, 0) is 0 Å². The molecule has 0 bridgehead atoms. The molecule has 0 aromatic carbocycles. The van der Waals surface area contributed by atoms with Crippen molar-refractivity contribution in [1.82, 2.24) is 15.3 Å². The van der Waals surface area contributed by atoms with Gasteiger partial charge >= 0.3 is 0 Å². The Morgan fingerprint density at radius 2 is 2.70 bits per heavy atom. The second-order valence-corrected chi connectivity index (χ2v) is 2.67. The number of imidazole rings is 1. The maximum atomic E-state index is 4.31. The van der Waals surface area contributed by atoms with Gasteiger partial charge in [0.15, 0.2) is 0 Å². The SMILES string of the molecule is CNCC(S)c1ncc[nH]1. The van der Waals surface area contributed by atoms with Gasteiger partial charge in [-0.25, -0.2) is 4.98 Å². The molecule has 4 heteroatoms. The van der Waals surface area contributed by atoms with Crippen LogP contribution < -0.4 is 5.32 Å². The smallest absolute Gasteiger partial charge is 0.120 e. The summed E-state index contributed by atoms with van der Waals surface area (Å²) in [6.45, 7) is 0.830. The van der Waals surface area contributed by atoms with E-state index in [0.717, 1.165) is 12.4 Å². The fraction of sp³-hybridized carbons (Fsp3) is 0.500. The van der Waals surface area contributed by atoms with Gasteiger partial charge in [-0.05, 0) is 7.05 Å². The Hall–Kier alpha value is -0.480. The van der Waals surface area contributed by atoms with Gasteiger partial charge in [-0.2, -0.15) is 12.6 Å². The minimum atomic E-state index is 0.167. The molecule has 0 spiro atoms. The molecule has 0 fully saturated rings. The molecule has 3 nitrogen and oxygen atoms in total. The Morgan fingerprint density at radius 3 is 3.20 bits per heavy atom. The summed E-state index contributed by atoms with van der Waals surface area (Å²) < 4.78 is 0. The first-order chi connectivity index (χ1) is 4.84. The van der Waals surface area contributed by atoms with Crippen LogP contribution in [0, 0.1) is 0 Å². The van der Waals surface area contributed by atoms with Crippen molar-refractivity contribution in [2.75, 3.05) is 13.6 Å². The van der Waals surface area contributed by atoms with Crippen LogP contribution in [0.25, 0.3) is 0 Å². The number of nitrogens with one attached hydrogen (secondary N) is 2. The van der Waals surface area contributed by atoms with Crippen LogP contribution in [0.15, 0.2) is 12.4 Å². The molecule has 2 N–H and O–H groups in total. The van der Waals surface area contributed by atoms with Crippen molar-refractivity contribution >= 4 is 12.6 Å². The number of H-pyrrole nitrogens is 1. The van der Waals surface area contributed by atoms with Gasteiger partial charge in [0, 0.05) is 18.9 Å². The van der Waals surface area contributed by atoms with E-state index < -0.39 is 0 Å². The molecule has 0 radical (unpaired) electrons. The van der Waals surface area contributed by atoms with Crippen molar-refractivity contribution in [3.8, 4) is 0 Å². The van der Waals surface area contributed by atoms with E-state index in [1.54, 1.807) is 12.4 Å². The highest BCUT2D eigenvalue weighted by atomic mass is 32.1. The minimum absolute atomic E-state index is 0.167. The van der Waals surface area contributed by atoms with Crippen molar-refractivity contribution < 1.29 is 0 Å². The lowest BCUT2D eigenvalue weighted by Crippen LogP contribution is -2.14. The summed E-state index contributed by atoms with van der Waals surface area (Å²) in [6, 6.07) is 0. The number of aromatic amines is 1. The van der Waals surface area contributed by atoms with Crippen LogP contribution in [-0.4, -0.2) is 23.6 Å². The molecule has 0 aliphatic heterocycles. The summed E-state index contributed by atoms with van der Waals surface area (Å²) in [5.74, 6) is 0.915. The molecule has 1 atom stereocenters. The number of aromatic nitrogens is 2. The third-order valence-corrected chi connectivity index (χ3v) is 1.66. The first-order valence-electron chi connectivity index (χ1n) is 3.16. The van der Waals surface area contributed by atoms with Gasteiger partial charge < -0.3 is 10.3 Å². The van der Waals surface area contributed by atoms with Crippen molar-refractivity contribution in [2.45, 2.75) is 5.25 Å². The molecule has 1 unspecified atom stereocenters. The van der Waals surface area contributed by atoms with Gasteiger partial charge in [0.05, 0.1) is 5.25 Å². The van der Waals surface area contributed by atoms with E-state index in [-0.39, 0.29) is 5.25 Å². The minimum Gasteiger partial charge on any atom is -0.348 e. The number of rotatable bonds is 3. The largest absolute Gasteiger partial charge is 0.348 e. The van der Waals surface area contributed by atoms with E-state index in [9.17, 15) is 0 Å². The van der Waals surface area contributed by atoms with Crippen LogP contribution in [0.5, 0.6) is 0 Å². The summed E-state index contributed by atoms with van der Waals surface area (Å²) in [5, 5.41) is 3.19. The molecule has 1 aromatic rings. The van der Waals surface area contributed by atoms with E-state index in [1.807, 2.05) is 7.05 Å². The monoisotopic (exact) mass is 157 g/mol. The molecule has 0 aliphatic rings. The molecule has 10 heavy (non-hydrogen) atoms. The summed E-state index contributed by atoms with van der Waals surface area (Å²) in [6.07, 6.45) is 3.53. The summed E-state index contributed by atoms with van der Waals surface area (Å²) in [7, 11) is 1.90. The van der Waals surface area contributed by atoms with Gasteiger partial charge in [0.2, 0.25) is 0 Å². The van der Waals surface area contributed by atoms with E-state index >= 15 is 0 Å². The first kappa shape index (κ1) is 7.63. The second kappa shape index (κ2) is 3.63. The highest BCUT2D eigenvalue weighted by Gasteiger charge is 2.05. The molecule has 0 aliphatic carbocycles. The van der Waals surface area contributed by atoms with E-state index in [2.05, 4.69) is 27.9 Å². The van der Waals surface area contributed by atoms with E-state index in [1.165, 1.54) is 0 Å². The van der Waals surface area contributed by atoms with Gasteiger partial charge in [-0.1, -0.05) is 0 Å². The van der Waals surface area contributed by atoms with Crippen LogP contribution in [0.3, 0.4) is 0 Å². The fourth-order valence-electron chi connectivity index (χ4n) is 0.750. The second-order valence-electron chi connectivity index (χ2n) is 2.05. The maximum absolute atomic E-state index is 4.31. The summed E-state index contributed by atoms with van der Waals surface area (Å²) in [5.41, 5.74) is 0. The molecule has 0 amide bonds. The predicted octanol–water partition coefficient (Wildman–Crippen LogP) is 0.600. The Morgan fingerprint density at radius 1 is 1.90 bits per heavy atom. The molecule has 1 heterocycles. The Labute approximate surface area is 65.7 Å². The van der Waals surface area contributed by atoms with E-state index in [4.69, 9.17) is 0 Å². The van der Waals surface area contributed by atoms with Crippen molar-refractivity contribution in [3.05, 3.63) is 18.2 Å². The molecule has 0 saturated heterocycles. The van der Waals surface area contributed by atoms with Crippen LogP contribution in [0.1, 0.15) is 11.1 Å². The zero-order valence-corrected chi connectivity index (χ0v) is 6.73. The lowest BCUT2D eigenvalue weighted by molar-refractivity contribution is 0.753. The zero-order chi connectivity index (χ0) is 7.40. The van der Waals surface area contributed by atoms with Crippen LogP contribution in [0.2, 0.25) is 0 Å². The predicted molar refractivity (Wildman–Crippen MR) is 44.2 cm³/mol. The third-order valence-electron chi connectivity index (χ3n) is 1.23. The molecule has 56 valence electrons. The average molecular weight is 157 g/mol. The van der Waals surface area contributed by atoms with Crippen molar-refractivity contribution in [1.29, 1.82) is 0 Å². The van der Waals surface area contributed by atoms with Gasteiger partial charge in [-0.3, -0.25) is 0 Å². The molecule has 0 saturated carbocycles. The van der Waals surface area contributed by atoms with Gasteiger partial charge in [0.1, 0.15) is 5.82 Å². The standard InChI is InChI=1S/C6H11N3S/c1-7-4-5(10)6-8-2-3-9-6/h2-3,5,7,10H,4H2,1H3,(H,8,9). The normalized spacial score (nSPS) is 13.4. The molecule has 1 aromatic heterocycles. The summed E-state index contributed by atoms with van der Waals surface area (Å²) in [4.78, 5) is 7.06. The topological polar surface area (TPSA) is 40.7 Å². The summed E-state index contributed by atoms with van der Waals surface area (Å²) >= 11 is 4.31. The number of hydrogen-bond acceptors (Lipinski definition) is 3. The van der Waals surface area contributed by atoms with Crippen LogP contribution >= 0.6 is 12.6 Å². The van der Waals surface area contributed by atoms with E-state index in [0.29, 0.717) is 0 Å². The quantitative estimate of drug-likeness (QED) is 0.562. The zero-order valence-electron chi connectivity index (χ0n) is 5.83. The highest BCUT2D eigenvalue weighted by molar-refractivity contribution is 7.80. The third kappa shape index (κ3) is 1.75. The first-order valence-corrected chi connectivity index (χ1v) is 3.68. The lowest BCUT2D eigenvalue weighted by Gasteiger charge is -2.04. The molecule has 1 rings (SSSR count). The number of hydrogen-bond donors (Lipinski definition) is 3. The number of likely N-dealkylation sites (N-methyl/N-ethyl adjacent to an activating group) is 1. The fourth-order valence-corrected chi connectivity index (χ4v) is 1.07. The molecular weight excluding hydrogens is 146 g/mol. The Kier molecular flexibility index (Phi) is 2.77. The Bertz CT molecular complexity index is 173. The van der Waals surface area contributed by atoms with Crippen molar-refractivity contribution in [3.63, 3.8) is 0 Å². The van der Waals surface area contributed by atoms with Gasteiger partial charge in [0.25, 0.3) is 0 Å². The number of nitrogens with zero attached hydrogens (tertiary/aromatic N) is 1. The Balaban J connectivity index is 2.50. The molecular formula is C6H11N3S. The lowest BCUT2D eigenvalue weighted by atomic mass is 10.4.